The highest BCUT2D eigenvalue weighted by atomic mass is 32.2. The molecule has 0 amide bonds. The van der Waals surface area contributed by atoms with E-state index in [9.17, 15) is 18.5 Å². The van der Waals surface area contributed by atoms with E-state index in [0.29, 0.717) is 26.3 Å². The Morgan fingerprint density at radius 3 is 2.57 bits per heavy atom. The van der Waals surface area contributed by atoms with E-state index in [1.54, 1.807) is 0 Å². The van der Waals surface area contributed by atoms with Crippen molar-refractivity contribution in [3.05, 3.63) is 28.3 Å². The highest BCUT2D eigenvalue weighted by Crippen LogP contribution is 2.26. The molecule has 1 aliphatic heterocycles. The van der Waals surface area contributed by atoms with E-state index in [2.05, 4.69) is 10.3 Å². The third kappa shape index (κ3) is 3.65. The number of ether oxygens (including phenoxy) is 1. The standard InChI is InChI=1S/C10H15N5O5S/c11-12-8-1-2-10(9(7-8)15(16)17)21(18,19)13-14-3-5-20-6-4-14/h1-2,7,12-13H,3-6,11H2. The number of benzene rings is 1. The molecule has 0 bridgehead atoms. The first-order valence-corrected chi connectivity index (χ1v) is 7.52. The van der Waals surface area contributed by atoms with E-state index in [1.807, 2.05) is 0 Å². The second-order valence-corrected chi connectivity index (χ2v) is 5.91. The topological polar surface area (TPSA) is 140 Å². The molecular weight excluding hydrogens is 302 g/mol. The summed E-state index contributed by atoms with van der Waals surface area (Å²) in [6.07, 6.45) is 0. The van der Waals surface area contributed by atoms with Gasteiger partial charge in [-0.1, -0.05) is 0 Å². The van der Waals surface area contributed by atoms with Gasteiger partial charge in [-0.3, -0.25) is 16.0 Å². The first-order chi connectivity index (χ1) is 9.94. The van der Waals surface area contributed by atoms with Crippen molar-refractivity contribution in [3.8, 4) is 0 Å². The third-order valence-corrected chi connectivity index (χ3v) is 4.29. The van der Waals surface area contributed by atoms with E-state index >= 15 is 0 Å². The average Bonchev–Trinajstić information content (AvgIpc) is 2.47. The van der Waals surface area contributed by atoms with Crippen LogP contribution in [0.2, 0.25) is 0 Å². The van der Waals surface area contributed by atoms with Crippen molar-refractivity contribution >= 4 is 21.4 Å². The smallest absolute Gasteiger partial charge is 0.291 e. The van der Waals surface area contributed by atoms with Gasteiger partial charge in [0.2, 0.25) is 0 Å². The number of hydrogen-bond acceptors (Lipinski definition) is 8. The molecular formula is C10H15N5O5S. The maximum atomic E-state index is 12.3. The van der Waals surface area contributed by atoms with E-state index in [-0.39, 0.29) is 5.69 Å². The first-order valence-electron chi connectivity index (χ1n) is 6.04. The molecule has 2 rings (SSSR count). The van der Waals surface area contributed by atoms with Crippen molar-refractivity contribution in [3.63, 3.8) is 0 Å². The van der Waals surface area contributed by atoms with Crippen LogP contribution in [0.1, 0.15) is 0 Å². The molecule has 1 aromatic carbocycles. The van der Waals surface area contributed by atoms with Crippen LogP contribution in [0.5, 0.6) is 0 Å². The maximum Gasteiger partial charge on any atom is 0.291 e. The number of hydrazine groups is 2. The van der Waals surface area contributed by atoms with Crippen LogP contribution < -0.4 is 16.1 Å². The molecule has 1 heterocycles. The fourth-order valence-corrected chi connectivity index (χ4v) is 3.13. The van der Waals surface area contributed by atoms with Crippen LogP contribution in [-0.2, 0) is 14.8 Å². The zero-order chi connectivity index (χ0) is 15.5. The molecule has 1 aliphatic rings. The number of morpholine rings is 1. The Morgan fingerprint density at radius 1 is 1.33 bits per heavy atom. The molecule has 0 unspecified atom stereocenters. The van der Waals surface area contributed by atoms with Crippen LogP contribution >= 0.6 is 0 Å². The van der Waals surface area contributed by atoms with Crippen LogP contribution in [0, 0.1) is 10.1 Å². The monoisotopic (exact) mass is 317 g/mol. The molecule has 0 atom stereocenters. The molecule has 0 radical (unpaired) electrons. The number of nitrogens with one attached hydrogen (secondary N) is 2. The Labute approximate surface area is 121 Å². The van der Waals surface area contributed by atoms with Crippen LogP contribution in [-0.4, -0.2) is 44.7 Å². The minimum Gasteiger partial charge on any atom is -0.379 e. The SMILES string of the molecule is NNc1ccc(S(=O)(=O)NN2CCOCC2)c([N+](=O)[O-])c1. The van der Waals surface area contributed by atoms with E-state index in [1.165, 1.54) is 11.1 Å². The van der Waals surface area contributed by atoms with E-state index in [4.69, 9.17) is 10.6 Å². The van der Waals surface area contributed by atoms with Gasteiger partial charge >= 0.3 is 0 Å². The summed E-state index contributed by atoms with van der Waals surface area (Å²) in [6, 6.07) is 3.55. The molecule has 1 aromatic rings. The van der Waals surface area contributed by atoms with Crippen LogP contribution in [0.15, 0.2) is 23.1 Å². The lowest BCUT2D eigenvalue weighted by atomic mass is 10.3. The largest absolute Gasteiger partial charge is 0.379 e. The van der Waals surface area contributed by atoms with Crippen LogP contribution in [0.25, 0.3) is 0 Å². The molecule has 21 heavy (non-hydrogen) atoms. The molecule has 0 saturated carbocycles. The fourth-order valence-electron chi connectivity index (χ4n) is 1.85. The summed E-state index contributed by atoms with van der Waals surface area (Å²) < 4.78 is 29.7. The minimum atomic E-state index is -4.05. The number of rotatable bonds is 5. The molecule has 0 aliphatic carbocycles. The highest BCUT2D eigenvalue weighted by molar-refractivity contribution is 7.89. The van der Waals surface area contributed by atoms with Gasteiger partial charge in [-0.2, -0.15) is 0 Å². The maximum absolute atomic E-state index is 12.3. The normalized spacial score (nSPS) is 16.6. The zero-order valence-electron chi connectivity index (χ0n) is 11.0. The predicted octanol–water partition coefficient (Wildman–Crippen LogP) is -0.594. The number of nitrogen functional groups attached to an aromatic ring is 1. The first kappa shape index (κ1) is 15.6. The third-order valence-electron chi connectivity index (χ3n) is 2.87. The van der Waals surface area contributed by atoms with Crippen molar-refractivity contribution < 1.29 is 18.1 Å². The predicted molar refractivity (Wildman–Crippen MR) is 73.6 cm³/mol. The van der Waals surface area contributed by atoms with Crippen LogP contribution in [0.4, 0.5) is 11.4 Å². The Bertz CT molecular complexity index is 629. The Kier molecular flexibility index (Phi) is 4.69. The summed E-state index contributed by atoms with van der Waals surface area (Å²) in [5.74, 6) is 5.17. The number of nitro benzene ring substituents is 1. The minimum absolute atomic E-state index is 0.243. The van der Waals surface area contributed by atoms with Crippen molar-refractivity contribution in [2.24, 2.45) is 5.84 Å². The fraction of sp³-hybridized carbons (Fsp3) is 0.400. The number of sulfonamides is 1. The second kappa shape index (κ2) is 6.32. The summed E-state index contributed by atoms with van der Waals surface area (Å²) in [5.41, 5.74) is 1.93. The lowest BCUT2D eigenvalue weighted by Gasteiger charge is -2.26. The summed E-state index contributed by atoms with van der Waals surface area (Å²) in [5, 5.41) is 12.5. The summed E-state index contributed by atoms with van der Waals surface area (Å²) >= 11 is 0. The van der Waals surface area contributed by atoms with Gasteiger partial charge in [0, 0.05) is 19.2 Å². The van der Waals surface area contributed by atoms with Crippen molar-refractivity contribution in [1.29, 1.82) is 0 Å². The Morgan fingerprint density at radius 2 is 2.00 bits per heavy atom. The van der Waals surface area contributed by atoms with Gasteiger partial charge in [0.25, 0.3) is 15.7 Å². The Hall–Kier alpha value is -1.79. The zero-order valence-corrected chi connectivity index (χ0v) is 11.8. The second-order valence-electron chi connectivity index (χ2n) is 4.28. The van der Waals surface area contributed by atoms with Crippen LogP contribution in [0.3, 0.4) is 0 Å². The van der Waals surface area contributed by atoms with Gasteiger partial charge in [0.15, 0.2) is 4.90 Å². The molecule has 116 valence electrons. The summed E-state index contributed by atoms with van der Waals surface area (Å²) in [7, 11) is -4.05. The van der Waals surface area contributed by atoms with E-state index in [0.717, 1.165) is 12.1 Å². The summed E-state index contributed by atoms with van der Waals surface area (Å²) in [4.78, 5) is 12.2. The van der Waals surface area contributed by atoms with Crippen molar-refractivity contribution in [2.75, 3.05) is 31.7 Å². The van der Waals surface area contributed by atoms with Gasteiger partial charge < -0.3 is 10.2 Å². The number of nitrogens with two attached hydrogens (primary N) is 1. The highest BCUT2D eigenvalue weighted by Gasteiger charge is 2.28. The molecule has 1 fully saturated rings. The molecule has 0 spiro atoms. The molecule has 10 nitrogen and oxygen atoms in total. The van der Waals surface area contributed by atoms with E-state index < -0.39 is 25.5 Å². The number of nitrogens with zero attached hydrogens (tertiary/aromatic N) is 2. The molecule has 4 N–H and O–H groups in total. The molecule has 1 saturated heterocycles. The molecule has 11 heteroatoms. The van der Waals surface area contributed by atoms with Crippen molar-refractivity contribution in [1.82, 2.24) is 9.84 Å². The molecule has 0 aromatic heterocycles. The number of nitro groups is 1. The number of anilines is 1. The van der Waals surface area contributed by atoms with Gasteiger partial charge in [-0.25, -0.2) is 13.4 Å². The van der Waals surface area contributed by atoms with Gasteiger partial charge in [-0.15, -0.1) is 4.83 Å². The van der Waals surface area contributed by atoms with Crippen molar-refractivity contribution in [2.45, 2.75) is 4.90 Å². The van der Waals surface area contributed by atoms with Gasteiger partial charge in [0.1, 0.15) is 0 Å². The van der Waals surface area contributed by atoms with Gasteiger partial charge in [-0.05, 0) is 12.1 Å². The number of hydrogen-bond donors (Lipinski definition) is 3. The van der Waals surface area contributed by atoms with Gasteiger partial charge in [0.05, 0.1) is 23.8 Å². The lowest BCUT2D eigenvalue weighted by molar-refractivity contribution is -0.387. The summed E-state index contributed by atoms with van der Waals surface area (Å²) in [6.45, 7) is 1.52. The lowest BCUT2D eigenvalue weighted by Crippen LogP contribution is -2.48. The Balaban J connectivity index is 2.32. The average molecular weight is 317 g/mol. The quantitative estimate of drug-likeness (QED) is 0.372.